The summed E-state index contributed by atoms with van der Waals surface area (Å²) in [5.41, 5.74) is 3.04. The van der Waals surface area contributed by atoms with Crippen molar-refractivity contribution in [2.45, 2.75) is 57.5 Å². The van der Waals surface area contributed by atoms with E-state index in [0.717, 1.165) is 55.3 Å². The summed E-state index contributed by atoms with van der Waals surface area (Å²) in [6, 6.07) is 24.6. The molecule has 3 aromatic rings. The first-order valence-electron chi connectivity index (χ1n) is 15.4. The summed E-state index contributed by atoms with van der Waals surface area (Å²) in [6.07, 6.45) is 13.0. The molecule has 2 aliphatic rings. The molecule has 226 valence electrons. The Bertz CT molecular complexity index is 1430. The van der Waals surface area contributed by atoms with Crippen LogP contribution in [0.2, 0.25) is 10.0 Å². The molecule has 0 saturated carbocycles. The second kappa shape index (κ2) is 14.6. The molecule has 43 heavy (non-hydrogen) atoms. The molecule has 1 saturated heterocycles. The number of carbonyl (C=O) groups is 1. The van der Waals surface area contributed by atoms with Gasteiger partial charge in [-0.2, -0.15) is 0 Å². The number of rotatable bonds is 10. The van der Waals surface area contributed by atoms with Gasteiger partial charge in [0.15, 0.2) is 0 Å². The van der Waals surface area contributed by atoms with E-state index in [4.69, 9.17) is 27.9 Å². The Morgan fingerprint density at radius 1 is 0.930 bits per heavy atom. The van der Waals surface area contributed by atoms with Crippen molar-refractivity contribution >= 4 is 29.1 Å². The summed E-state index contributed by atoms with van der Waals surface area (Å²) in [6.45, 7) is 7.66. The van der Waals surface area contributed by atoms with Crippen LogP contribution in [-0.4, -0.2) is 48.0 Å². The number of likely N-dealkylation sites (tertiary alicyclic amines) is 1. The molecule has 0 aliphatic carbocycles. The summed E-state index contributed by atoms with van der Waals surface area (Å²) in [7, 11) is 0. The van der Waals surface area contributed by atoms with Crippen LogP contribution >= 0.6 is 23.2 Å². The zero-order valence-electron chi connectivity index (χ0n) is 25.2. The molecule has 1 amide bonds. The molecule has 3 aromatic carbocycles. The summed E-state index contributed by atoms with van der Waals surface area (Å²) < 4.78 is 5.86. The molecule has 0 aromatic heterocycles. The fraction of sp³-hybridized carbons (Fsp3) is 0.378. The first kappa shape index (κ1) is 31.4. The summed E-state index contributed by atoms with van der Waals surface area (Å²) in [5.74, 6) is 1.56. The monoisotopic (exact) mass is 616 g/mol. The molecule has 1 unspecified atom stereocenters. The van der Waals surface area contributed by atoms with Gasteiger partial charge in [0.1, 0.15) is 5.75 Å². The highest BCUT2D eigenvalue weighted by Crippen LogP contribution is 2.37. The largest absolute Gasteiger partial charge is 0.491 e. The first-order chi connectivity index (χ1) is 20.8. The summed E-state index contributed by atoms with van der Waals surface area (Å²) in [4.78, 5) is 18.2. The predicted molar refractivity (Wildman–Crippen MR) is 178 cm³/mol. The van der Waals surface area contributed by atoms with Crippen LogP contribution in [0, 0.1) is 5.92 Å². The van der Waals surface area contributed by atoms with Gasteiger partial charge in [0.2, 0.25) is 5.91 Å². The van der Waals surface area contributed by atoms with Gasteiger partial charge in [-0.05, 0) is 112 Å². The minimum Gasteiger partial charge on any atom is -0.491 e. The standard InChI is InChI=1S/C37H42Cl2N2O2/c1-28(2)43-33-12-8-11-31(24-33)25-36(42)41-19-7-6-17-37(27-41,32-13-14-34(38)35(39)26-32)18-22-40-20-15-30(16-21-40)23-29-9-4-3-5-10-29/h3-14,17,19,24,26,28,30H,15-16,18,20-23,25,27H2,1-2H3. The smallest absolute Gasteiger partial charge is 0.230 e. The lowest BCUT2D eigenvalue weighted by Crippen LogP contribution is -2.43. The van der Waals surface area contributed by atoms with Crippen molar-refractivity contribution in [3.05, 3.63) is 124 Å². The van der Waals surface area contributed by atoms with E-state index in [1.54, 1.807) is 0 Å². The number of hydrogen-bond donors (Lipinski definition) is 0. The summed E-state index contributed by atoms with van der Waals surface area (Å²) in [5, 5.41) is 1.07. The van der Waals surface area contributed by atoms with Gasteiger partial charge < -0.3 is 14.5 Å². The van der Waals surface area contributed by atoms with Gasteiger partial charge in [0, 0.05) is 18.2 Å². The molecular weight excluding hydrogens is 575 g/mol. The van der Waals surface area contributed by atoms with Gasteiger partial charge in [-0.15, -0.1) is 0 Å². The van der Waals surface area contributed by atoms with E-state index < -0.39 is 5.41 Å². The normalized spacial score (nSPS) is 19.5. The van der Waals surface area contributed by atoms with Crippen molar-refractivity contribution in [3.8, 4) is 5.75 Å². The number of benzene rings is 3. The minimum absolute atomic E-state index is 0.0489. The molecule has 1 atom stereocenters. The van der Waals surface area contributed by atoms with Crippen molar-refractivity contribution in [2.24, 2.45) is 5.92 Å². The molecule has 2 aliphatic heterocycles. The number of ether oxygens (including phenoxy) is 1. The van der Waals surface area contributed by atoms with Crippen LogP contribution in [0.5, 0.6) is 5.75 Å². The number of nitrogens with zero attached hydrogens (tertiary/aromatic N) is 2. The molecule has 6 heteroatoms. The maximum atomic E-state index is 13.7. The molecule has 5 rings (SSSR count). The van der Waals surface area contributed by atoms with Gasteiger partial charge in [0.25, 0.3) is 0 Å². The quantitative estimate of drug-likeness (QED) is 0.229. The van der Waals surface area contributed by atoms with E-state index >= 15 is 0 Å². The topological polar surface area (TPSA) is 32.8 Å². The van der Waals surface area contributed by atoms with Gasteiger partial charge in [-0.25, -0.2) is 0 Å². The highest BCUT2D eigenvalue weighted by atomic mass is 35.5. The molecule has 0 spiro atoms. The molecule has 1 fully saturated rings. The maximum Gasteiger partial charge on any atom is 0.230 e. The second-order valence-electron chi connectivity index (χ2n) is 12.2. The van der Waals surface area contributed by atoms with Crippen LogP contribution in [0.25, 0.3) is 0 Å². The molecule has 2 heterocycles. The third kappa shape index (κ3) is 8.53. The highest BCUT2D eigenvalue weighted by molar-refractivity contribution is 6.42. The molecule has 4 nitrogen and oxygen atoms in total. The number of carbonyl (C=O) groups excluding carboxylic acids is 1. The number of halogens is 2. The Kier molecular flexibility index (Phi) is 10.7. The average Bonchev–Trinajstić information content (AvgIpc) is 3.22. The van der Waals surface area contributed by atoms with Gasteiger partial charge >= 0.3 is 0 Å². The zero-order valence-corrected chi connectivity index (χ0v) is 26.7. The lowest BCUT2D eigenvalue weighted by atomic mass is 9.76. The zero-order chi connectivity index (χ0) is 30.2. The first-order valence-corrected chi connectivity index (χ1v) is 16.2. The van der Waals surface area contributed by atoms with E-state index in [-0.39, 0.29) is 12.0 Å². The maximum absolute atomic E-state index is 13.7. The SMILES string of the molecule is CC(C)Oc1cccc(CC(=O)N2C=CC=CC(CCN3CCC(Cc4ccccc4)CC3)(c3ccc(Cl)c(Cl)c3)C2)c1. The van der Waals surface area contributed by atoms with Crippen LogP contribution in [0.3, 0.4) is 0 Å². The Labute approximate surface area is 266 Å². The van der Waals surface area contributed by atoms with Crippen LogP contribution < -0.4 is 4.74 Å². The van der Waals surface area contributed by atoms with E-state index in [1.807, 2.05) is 67.4 Å². The van der Waals surface area contributed by atoms with E-state index in [1.165, 1.54) is 18.4 Å². The Balaban J connectivity index is 1.30. The minimum atomic E-state index is -0.406. The second-order valence-corrected chi connectivity index (χ2v) is 13.0. The lowest BCUT2D eigenvalue weighted by molar-refractivity contribution is -0.128. The van der Waals surface area contributed by atoms with Gasteiger partial charge in [0.05, 0.1) is 22.6 Å². The van der Waals surface area contributed by atoms with Crippen molar-refractivity contribution in [1.82, 2.24) is 9.80 Å². The third-order valence-corrected chi connectivity index (χ3v) is 9.37. The predicted octanol–water partition coefficient (Wildman–Crippen LogP) is 8.52. The summed E-state index contributed by atoms with van der Waals surface area (Å²) >= 11 is 12.9. The van der Waals surface area contributed by atoms with Crippen LogP contribution in [0.1, 0.15) is 49.8 Å². The van der Waals surface area contributed by atoms with Gasteiger partial charge in [-0.1, -0.05) is 83.9 Å². The molecule has 0 bridgehead atoms. The number of hydrogen-bond acceptors (Lipinski definition) is 3. The van der Waals surface area contributed by atoms with Crippen LogP contribution in [0.4, 0.5) is 0 Å². The number of allylic oxidation sites excluding steroid dienone is 2. The van der Waals surface area contributed by atoms with E-state index in [2.05, 4.69) is 53.5 Å². The van der Waals surface area contributed by atoms with Crippen LogP contribution in [-0.2, 0) is 23.1 Å². The Morgan fingerprint density at radius 3 is 2.44 bits per heavy atom. The van der Waals surface area contributed by atoms with Crippen molar-refractivity contribution in [2.75, 3.05) is 26.2 Å². The van der Waals surface area contributed by atoms with E-state index in [0.29, 0.717) is 23.0 Å². The molecular formula is C37H42Cl2N2O2. The fourth-order valence-corrected chi connectivity index (χ4v) is 6.57. The lowest BCUT2D eigenvalue weighted by Gasteiger charge is -2.38. The van der Waals surface area contributed by atoms with Crippen molar-refractivity contribution in [1.29, 1.82) is 0 Å². The molecule has 0 radical (unpaired) electrons. The highest BCUT2D eigenvalue weighted by Gasteiger charge is 2.35. The van der Waals surface area contributed by atoms with Crippen molar-refractivity contribution < 1.29 is 9.53 Å². The Hall–Kier alpha value is -3.05. The van der Waals surface area contributed by atoms with Crippen molar-refractivity contribution in [3.63, 3.8) is 0 Å². The number of amides is 1. The van der Waals surface area contributed by atoms with Gasteiger partial charge in [-0.3, -0.25) is 4.79 Å². The van der Waals surface area contributed by atoms with Crippen LogP contribution in [0.15, 0.2) is 97.2 Å². The third-order valence-electron chi connectivity index (χ3n) is 8.63. The van der Waals surface area contributed by atoms with E-state index in [9.17, 15) is 4.79 Å². The Morgan fingerprint density at radius 2 is 1.70 bits per heavy atom. The molecule has 0 N–H and O–H groups in total. The number of piperidine rings is 1. The fourth-order valence-electron chi connectivity index (χ4n) is 6.27. The average molecular weight is 618 g/mol.